The third kappa shape index (κ3) is 3.15. The molecule has 17 heavy (non-hydrogen) atoms. The minimum atomic E-state index is -0.713. The average molecular weight is 238 g/mol. The Morgan fingerprint density at radius 2 is 2.24 bits per heavy atom. The lowest BCUT2D eigenvalue weighted by Crippen LogP contribution is -2.26. The highest BCUT2D eigenvalue weighted by atomic mass is 16.5. The molecule has 0 aliphatic rings. The number of carbonyl (C=O) groups excluding carboxylic acids is 2. The molecule has 0 N–H and O–H groups in total. The second-order valence-electron chi connectivity index (χ2n) is 3.97. The van der Waals surface area contributed by atoms with E-state index in [4.69, 9.17) is 0 Å². The van der Waals surface area contributed by atoms with Gasteiger partial charge in [0.1, 0.15) is 11.6 Å². The van der Waals surface area contributed by atoms with Crippen molar-refractivity contribution in [1.82, 2.24) is 9.55 Å². The van der Waals surface area contributed by atoms with Gasteiger partial charge in [-0.25, -0.2) is 4.98 Å². The Morgan fingerprint density at radius 1 is 1.53 bits per heavy atom. The number of hydrogen-bond acceptors (Lipinski definition) is 4. The summed E-state index contributed by atoms with van der Waals surface area (Å²) in [5.74, 6) is -1.40. The van der Waals surface area contributed by atoms with E-state index in [9.17, 15) is 9.59 Å². The zero-order chi connectivity index (χ0) is 12.8. The molecule has 1 rings (SSSR count). The molecule has 0 radical (unpaired) electrons. The maximum Gasteiger partial charge on any atom is 0.316 e. The monoisotopic (exact) mass is 238 g/mol. The van der Waals surface area contributed by atoms with Crippen molar-refractivity contribution >= 4 is 11.8 Å². The number of aryl methyl sites for hydroxylation is 1. The van der Waals surface area contributed by atoms with Crippen molar-refractivity contribution in [1.29, 1.82) is 0 Å². The number of aromatic nitrogens is 2. The largest absolute Gasteiger partial charge is 0.468 e. The van der Waals surface area contributed by atoms with E-state index in [1.54, 1.807) is 17.9 Å². The van der Waals surface area contributed by atoms with Crippen LogP contribution >= 0.6 is 0 Å². The van der Waals surface area contributed by atoms with Crippen molar-refractivity contribution in [2.24, 2.45) is 13.0 Å². The molecule has 0 amide bonds. The van der Waals surface area contributed by atoms with Gasteiger partial charge in [0.15, 0.2) is 5.78 Å². The van der Waals surface area contributed by atoms with Crippen LogP contribution in [0.5, 0.6) is 0 Å². The molecule has 1 unspecified atom stereocenters. The number of Topliss-reactive ketones (excluding diaryl/α,β-unsaturated/α-hetero) is 1. The molecular weight excluding hydrogens is 220 g/mol. The molecule has 0 fully saturated rings. The second-order valence-corrected chi connectivity index (χ2v) is 3.97. The summed E-state index contributed by atoms with van der Waals surface area (Å²) in [5.41, 5.74) is 0.441. The molecule has 1 heterocycles. The predicted octanol–water partition coefficient (Wildman–Crippen LogP) is 1.58. The number of hydrogen-bond donors (Lipinski definition) is 0. The third-order valence-electron chi connectivity index (χ3n) is 2.72. The quantitative estimate of drug-likeness (QED) is 0.429. The van der Waals surface area contributed by atoms with Crippen LogP contribution in [-0.2, 0) is 16.6 Å². The highest BCUT2D eigenvalue weighted by molar-refractivity contribution is 6.07. The fourth-order valence-corrected chi connectivity index (χ4v) is 1.68. The third-order valence-corrected chi connectivity index (χ3v) is 2.72. The van der Waals surface area contributed by atoms with E-state index in [1.165, 1.54) is 13.3 Å². The summed E-state index contributed by atoms with van der Waals surface area (Å²) in [6, 6.07) is 0. The van der Waals surface area contributed by atoms with Crippen molar-refractivity contribution in [3.8, 4) is 0 Å². The number of nitrogens with zero attached hydrogens (tertiary/aromatic N) is 2. The maximum absolute atomic E-state index is 12.2. The van der Waals surface area contributed by atoms with Gasteiger partial charge in [-0.15, -0.1) is 0 Å². The molecule has 0 saturated heterocycles. The van der Waals surface area contributed by atoms with Crippen LogP contribution in [-0.4, -0.2) is 28.4 Å². The summed E-state index contributed by atoms with van der Waals surface area (Å²) in [7, 11) is 3.03. The first-order valence-electron chi connectivity index (χ1n) is 5.70. The SMILES string of the molecule is CCCCC(C(=O)OC)C(=O)c1cncn1C. The fourth-order valence-electron chi connectivity index (χ4n) is 1.68. The van der Waals surface area contributed by atoms with Gasteiger partial charge in [-0.05, 0) is 6.42 Å². The van der Waals surface area contributed by atoms with Crippen LogP contribution in [0.25, 0.3) is 0 Å². The van der Waals surface area contributed by atoms with E-state index in [0.29, 0.717) is 12.1 Å². The number of ketones is 1. The zero-order valence-corrected chi connectivity index (χ0v) is 10.5. The van der Waals surface area contributed by atoms with Crippen LogP contribution in [0.15, 0.2) is 12.5 Å². The average Bonchev–Trinajstić information content (AvgIpc) is 2.75. The Kier molecular flexibility index (Phi) is 4.87. The number of ether oxygens (including phenoxy) is 1. The molecule has 94 valence electrons. The van der Waals surface area contributed by atoms with Gasteiger partial charge in [-0.1, -0.05) is 19.8 Å². The number of carbonyl (C=O) groups is 2. The lowest BCUT2D eigenvalue weighted by Gasteiger charge is -2.13. The normalized spacial score (nSPS) is 12.2. The summed E-state index contributed by atoms with van der Waals surface area (Å²) in [4.78, 5) is 27.6. The van der Waals surface area contributed by atoms with E-state index in [0.717, 1.165) is 12.8 Å². The lowest BCUT2D eigenvalue weighted by molar-refractivity contribution is -0.143. The molecule has 0 saturated carbocycles. The summed E-state index contributed by atoms with van der Waals surface area (Å²) >= 11 is 0. The molecule has 0 aromatic carbocycles. The standard InChI is InChI=1S/C12H18N2O3/c1-4-5-6-9(12(16)17-3)11(15)10-7-13-8-14(10)2/h7-9H,4-6H2,1-3H3. The van der Waals surface area contributed by atoms with Gasteiger partial charge in [-0.3, -0.25) is 9.59 Å². The van der Waals surface area contributed by atoms with E-state index < -0.39 is 11.9 Å². The van der Waals surface area contributed by atoms with E-state index in [1.807, 2.05) is 6.92 Å². The number of rotatable bonds is 6. The summed E-state index contributed by atoms with van der Waals surface area (Å²) in [5, 5.41) is 0. The first-order valence-corrected chi connectivity index (χ1v) is 5.70. The Bertz CT molecular complexity index is 398. The number of imidazole rings is 1. The molecule has 5 nitrogen and oxygen atoms in total. The highest BCUT2D eigenvalue weighted by Gasteiger charge is 2.29. The zero-order valence-electron chi connectivity index (χ0n) is 10.5. The van der Waals surface area contributed by atoms with Crippen LogP contribution in [0.3, 0.4) is 0 Å². The first kappa shape index (κ1) is 13.4. The Labute approximate surface area is 101 Å². The topological polar surface area (TPSA) is 61.2 Å². The van der Waals surface area contributed by atoms with Gasteiger partial charge in [0.05, 0.1) is 19.6 Å². The van der Waals surface area contributed by atoms with Crippen LogP contribution in [0.4, 0.5) is 0 Å². The summed E-state index contributed by atoms with van der Waals surface area (Å²) in [6.45, 7) is 2.02. The minimum Gasteiger partial charge on any atom is -0.468 e. The van der Waals surface area contributed by atoms with Crippen LogP contribution in [0.2, 0.25) is 0 Å². The molecule has 1 atom stereocenters. The van der Waals surface area contributed by atoms with Crippen molar-refractivity contribution in [2.45, 2.75) is 26.2 Å². The lowest BCUT2D eigenvalue weighted by atomic mass is 9.95. The second kappa shape index (κ2) is 6.18. The summed E-state index contributed by atoms with van der Waals surface area (Å²) in [6.07, 6.45) is 5.30. The smallest absolute Gasteiger partial charge is 0.316 e. The fraction of sp³-hybridized carbons (Fsp3) is 0.583. The van der Waals surface area contributed by atoms with Gasteiger partial charge < -0.3 is 9.30 Å². The molecule has 0 bridgehead atoms. The minimum absolute atomic E-state index is 0.217. The first-order chi connectivity index (χ1) is 8.11. The van der Waals surface area contributed by atoms with Crippen LogP contribution in [0, 0.1) is 5.92 Å². The maximum atomic E-state index is 12.2. The van der Waals surface area contributed by atoms with E-state index >= 15 is 0 Å². The highest BCUT2D eigenvalue weighted by Crippen LogP contribution is 2.16. The van der Waals surface area contributed by atoms with Crippen molar-refractivity contribution in [3.63, 3.8) is 0 Å². The molecule has 1 aromatic rings. The molecule has 0 aliphatic carbocycles. The van der Waals surface area contributed by atoms with Gasteiger partial charge in [0, 0.05) is 7.05 Å². The van der Waals surface area contributed by atoms with Gasteiger partial charge in [0.2, 0.25) is 0 Å². The molecular formula is C12H18N2O3. The number of unbranched alkanes of at least 4 members (excludes halogenated alkanes) is 1. The van der Waals surface area contributed by atoms with Crippen LogP contribution in [0.1, 0.15) is 36.7 Å². The van der Waals surface area contributed by atoms with Gasteiger partial charge >= 0.3 is 5.97 Å². The Morgan fingerprint density at radius 3 is 2.71 bits per heavy atom. The molecule has 0 spiro atoms. The van der Waals surface area contributed by atoms with Crippen molar-refractivity contribution in [2.75, 3.05) is 7.11 Å². The number of methoxy groups -OCH3 is 1. The number of esters is 1. The Balaban J connectivity index is 2.86. The van der Waals surface area contributed by atoms with Gasteiger partial charge in [0.25, 0.3) is 0 Å². The molecule has 0 aliphatic heterocycles. The Hall–Kier alpha value is -1.65. The van der Waals surface area contributed by atoms with E-state index in [2.05, 4.69) is 9.72 Å². The van der Waals surface area contributed by atoms with Gasteiger partial charge in [-0.2, -0.15) is 0 Å². The molecule has 5 heteroatoms. The van der Waals surface area contributed by atoms with E-state index in [-0.39, 0.29) is 5.78 Å². The predicted molar refractivity (Wildman–Crippen MR) is 62.6 cm³/mol. The molecule has 1 aromatic heterocycles. The van der Waals surface area contributed by atoms with Crippen molar-refractivity contribution in [3.05, 3.63) is 18.2 Å². The van der Waals surface area contributed by atoms with Crippen molar-refractivity contribution < 1.29 is 14.3 Å². The summed E-state index contributed by atoms with van der Waals surface area (Å²) < 4.78 is 6.29. The van der Waals surface area contributed by atoms with Crippen LogP contribution < -0.4 is 0 Å².